The molecular formula is C14H27N3O. The Balaban J connectivity index is 2.44. The smallest absolute Gasteiger partial charge is 0.0699 e. The first kappa shape index (κ1) is 15.2. The Bertz CT molecular complexity index is 325. The van der Waals surface area contributed by atoms with Gasteiger partial charge in [-0.2, -0.15) is 5.10 Å². The second-order valence-corrected chi connectivity index (χ2v) is 4.78. The van der Waals surface area contributed by atoms with Gasteiger partial charge in [0.2, 0.25) is 0 Å². The molecule has 0 aliphatic rings. The van der Waals surface area contributed by atoms with Gasteiger partial charge >= 0.3 is 0 Å². The van der Waals surface area contributed by atoms with E-state index in [0.717, 1.165) is 32.4 Å². The molecule has 0 radical (unpaired) electrons. The van der Waals surface area contributed by atoms with Crippen molar-refractivity contribution in [2.45, 2.75) is 52.2 Å². The van der Waals surface area contributed by atoms with Gasteiger partial charge in [-0.15, -0.1) is 0 Å². The summed E-state index contributed by atoms with van der Waals surface area (Å²) in [5.41, 5.74) is 1.30. The number of aryl methyl sites for hydroxylation is 2. The number of ether oxygens (including phenoxy) is 1. The molecule has 0 saturated heterocycles. The summed E-state index contributed by atoms with van der Waals surface area (Å²) in [5.74, 6) is 0. The number of rotatable bonds is 9. The first-order valence-corrected chi connectivity index (χ1v) is 6.99. The average Bonchev–Trinajstić information content (AvgIpc) is 2.75. The summed E-state index contributed by atoms with van der Waals surface area (Å²) in [6.45, 7) is 8.22. The van der Waals surface area contributed by atoms with E-state index in [4.69, 9.17) is 4.74 Å². The molecule has 4 nitrogen and oxygen atoms in total. The molecule has 1 rings (SSSR count). The molecule has 2 atom stereocenters. The van der Waals surface area contributed by atoms with Crippen LogP contribution >= 0.6 is 0 Å². The third kappa shape index (κ3) is 5.19. The zero-order chi connectivity index (χ0) is 13.4. The van der Waals surface area contributed by atoms with Crippen molar-refractivity contribution in [1.29, 1.82) is 0 Å². The van der Waals surface area contributed by atoms with Crippen molar-refractivity contribution in [3.63, 3.8) is 0 Å². The summed E-state index contributed by atoms with van der Waals surface area (Å²) in [4.78, 5) is 0. The molecule has 0 fully saturated rings. The minimum Gasteiger partial charge on any atom is -0.377 e. The van der Waals surface area contributed by atoms with E-state index in [-0.39, 0.29) is 6.10 Å². The van der Waals surface area contributed by atoms with E-state index in [1.165, 1.54) is 5.56 Å². The highest BCUT2D eigenvalue weighted by Gasteiger charge is 2.16. The van der Waals surface area contributed by atoms with Gasteiger partial charge in [0.1, 0.15) is 0 Å². The molecule has 0 amide bonds. The van der Waals surface area contributed by atoms with E-state index in [0.29, 0.717) is 6.04 Å². The lowest BCUT2D eigenvalue weighted by Crippen LogP contribution is -2.40. The predicted octanol–water partition coefficient (Wildman–Crippen LogP) is 2.15. The summed E-state index contributed by atoms with van der Waals surface area (Å²) in [5, 5.41) is 7.78. The number of aromatic nitrogens is 2. The molecule has 2 unspecified atom stereocenters. The maximum Gasteiger partial charge on any atom is 0.0699 e. The van der Waals surface area contributed by atoms with Crippen LogP contribution in [0.3, 0.4) is 0 Å². The minimum atomic E-state index is 0.262. The van der Waals surface area contributed by atoms with Crippen LogP contribution < -0.4 is 5.32 Å². The quantitative estimate of drug-likeness (QED) is 0.733. The standard InChI is InChI=1S/C14H27N3O/c1-5-9-15-14(12(3)18-6-2)8-7-13-10-16-17(4)11-13/h10-12,14-15H,5-9H2,1-4H3. The molecule has 104 valence electrons. The predicted molar refractivity (Wildman–Crippen MR) is 74.7 cm³/mol. The Kier molecular flexibility index (Phi) is 6.98. The Morgan fingerprint density at radius 2 is 2.22 bits per heavy atom. The van der Waals surface area contributed by atoms with Gasteiger partial charge < -0.3 is 10.1 Å². The second-order valence-electron chi connectivity index (χ2n) is 4.78. The number of hydrogen-bond acceptors (Lipinski definition) is 3. The fourth-order valence-electron chi connectivity index (χ4n) is 2.13. The van der Waals surface area contributed by atoms with Crippen molar-refractivity contribution in [3.05, 3.63) is 18.0 Å². The van der Waals surface area contributed by atoms with Crippen molar-refractivity contribution in [2.24, 2.45) is 7.05 Å². The monoisotopic (exact) mass is 253 g/mol. The summed E-state index contributed by atoms with van der Waals surface area (Å²) in [6, 6.07) is 0.421. The highest BCUT2D eigenvalue weighted by atomic mass is 16.5. The summed E-state index contributed by atoms with van der Waals surface area (Å²) < 4.78 is 7.57. The molecule has 0 aliphatic heterocycles. The molecule has 0 saturated carbocycles. The van der Waals surface area contributed by atoms with Crippen molar-refractivity contribution in [2.75, 3.05) is 13.2 Å². The van der Waals surface area contributed by atoms with Gasteiger partial charge in [0, 0.05) is 25.9 Å². The number of nitrogens with one attached hydrogen (secondary N) is 1. The highest BCUT2D eigenvalue weighted by Crippen LogP contribution is 2.09. The SMILES string of the molecule is CCCNC(CCc1cnn(C)c1)C(C)OCC. The molecule has 4 heteroatoms. The zero-order valence-electron chi connectivity index (χ0n) is 12.1. The highest BCUT2D eigenvalue weighted by molar-refractivity contribution is 5.04. The Morgan fingerprint density at radius 1 is 1.44 bits per heavy atom. The molecule has 1 aromatic rings. The van der Waals surface area contributed by atoms with Crippen LogP contribution in [0.15, 0.2) is 12.4 Å². The van der Waals surface area contributed by atoms with Gasteiger partial charge in [0.05, 0.1) is 12.3 Å². The van der Waals surface area contributed by atoms with E-state index in [9.17, 15) is 0 Å². The van der Waals surface area contributed by atoms with E-state index in [1.807, 2.05) is 17.9 Å². The van der Waals surface area contributed by atoms with Crippen LogP contribution in [0.2, 0.25) is 0 Å². The molecule has 0 aromatic carbocycles. The normalized spacial score (nSPS) is 14.7. The van der Waals surface area contributed by atoms with Crippen molar-refractivity contribution >= 4 is 0 Å². The van der Waals surface area contributed by atoms with Crippen molar-refractivity contribution in [1.82, 2.24) is 15.1 Å². The molecule has 1 N–H and O–H groups in total. The van der Waals surface area contributed by atoms with Crippen molar-refractivity contribution in [3.8, 4) is 0 Å². The van der Waals surface area contributed by atoms with E-state index < -0.39 is 0 Å². The topological polar surface area (TPSA) is 39.1 Å². The largest absolute Gasteiger partial charge is 0.377 e. The van der Waals surface area contributed by atoms with Gasteiger partial charge in [-0.05, 0) is 45.2 Å². The van der Waals surface area contributed by atoms with E-state index >= 15 is 0 Å². The average molecular weight is 253 g/mol. The number of nitrogens with zero attached hydrogens (tertiary/aromatic N) is 2. The van der Waals surface area contributed by atoms with Gasteiger partial charge in [0.25, 0.3) is 0 Å². The fraction of sp³-hybridized carbons (Fsp3) is 0.786. The molecule has 0 aliphatic carbocycles. The Hall–Kier alpha value is -0.870. The third-order valence-corrected chi connectivity index (χ3v) is 3.16. The van der Waals surface area contributed by atoms with Gasteiger partial charge in [-0.1, -0.05) is 6.92 Å². The maximum atomic E-state index is 5.71. The third-order valence-electron chi connectivity index (χ3n) is 3.16. The lowest BCUT2D eigenvalue weighted by atomic mass is 10.0. The lowest BCUT2D eigenvalue weighted by Gasteiger charge is -2.25. The van der Waals surface area contributed by atoms with Crippen LogP contribution in [-0.2, 0) is 18.2 Å². The summed E-state index contributed by atoms with van der Waals surface area (Å²) in [7, 11) is 1.96. The van der Waals surface area contributed by atoms with Crippen LogP contribution in [0.5, 0.6) is 0 Å². The van der Waals surface area contributed by atoms with Crippen LogP contribution in [0.1, 0.15) is 39.2 Å². The van der Waals surface area contributed by atoms with Crippen LogP contribution in [0, 0.1) is 0 Å². The van der Waals surface area contributed by atoms with Crippen LogP contribution in [0.4, 0.5) is 0 Å². The van der Waals surface area contributed by atoms with Gasteiger partial charge in [0.15, 0.2) is 0 Å². The van der Waals surface area contributed by atoms with Crippen molar-refractivity contribution < 1.29 is 4.74 Å². The molecule has 0 spiro atoms. The van der Waals surface area contributed by atoms with Crippen LogP contribution in [-0.4, -0.2) is 35.1 Å². The maximum absolute atomic E-state index is 5.71. The van der Waals surface area contributed by atoms with Gasteiger partial charge in [-0.3, -0.25) is 4.68 Å². The zero-order valence-corrected chi connectivity index (χ0v) is 12.1. The minimum absolute atomic E-state index is 0.262. The van der Waals surface area contributed by atoms with E-state index in [2.05, 4.69) is 37.4 Å². The second kappa shape index (κ2) is 8.27. The molecule has 1 heterocycles. The molecular weight excluding hydrogens is 226 g/mol. The molecule has 0 bridgehead atoms. The van der Waals surface area contributed by atoms with Gasteiger partial charge in [-0.25, -0.2) is 0 Å². The van der Waals surface area contributed by atoms with E-state index in [1.54, 1.807) is 0 Å². The molecule has 1 aromatic heterocycles. The van der Waals surface area contributed by atoms with Crippen LogP contribution in [0.25, 0.3) is 0 Å². The Morgan fingerprint density at radius 3 is 2.78 bits per heavy atom. The Labute approximate surface area is 111 Å². The first-order chi connectivity index (χ1) is 8.67. The lowest BCUT2D eigenvalue weighted by molar-refractivity contribution is 0.0453. The number of hydrogen-bond donors (Lipinski definition) is 1. The summed E-state index contributed by atoms with van der Waals surface area (Å²) >= 11 is 0. The molecule has 18 heavy (non-hydrogen) atoms. The fourth-order valence-corrected chi connectivity index (χ4v) is 2.13. The summed E-state index contributed by atoms with van der Waals surface area (Å²) in [6.07, 6.45) is 7.59. The first-order valence-electron chi connectivity index (χ1n) is 6.99.